The molecule has 0 aliphatic carbocycles. The average molecular weight is 265 g/mol. The normalized spacial score (nSPS) is 10.4. The molecule has 5 heteroatoms. The van der Waals surface area contributed by atoms with Crippen molar-refractivity contribution in [1.82, 2.24) is 4.98 Å². The summed E-state index contributed by atoms with van der Waals surface area (Å²) in [5, 5.41) is 3.19. The third-order valence-corrected chi connectivity index (χ3v) is 2.80. The second-order valence-electron chi connectivity index (χ2n) is 4.05. The van der Waals surface area contributed by atoms with Gasteiger partial charge in [0.15, 0.2) is 0 Å². The van der Waals surface area contributed by atoms with E-state index >= 15 is 0 Å². The summed E-state index contributed by atoms with van der Waals surface area (Å²) in [5.41, 5.74) is 1.85. The van der Waals surface area contributed by atoms with Gasteiger partial charge < -0.3 is 9.73 Å². The molecule has 0 radical (unpaired) electrons. The number of pyridine rings is 1. The van der Waals surface area contributed by atoms with Gasteiger partial charge in [0.2, 0.25) is 0 Å². The minimum absolute atomic E-state index is 0.212. The Morgan fingerprint density at radius 3 is 2.61 bits per heavy atom. The molecular weight excluding hydrogens is 252 g/mol. The molecule has 0 aliphatic heterocycles. The van der Waals surface area contributed by atoms with Crippen LogP contribution >= 0.6 is 11.6 Å². The Balaban J connectivity index is 2.24. The van der Waals surface area contributed by atoms with Crippen molar-refractivity contribution in [3.8, 4) is 0 Å². The molecule has 1 N–H and O–H groups in total. The van der Waals surface area contributed by atoms with E-state index in [1.54, 1.807) is 39.0 Å². The van der Waals surface area contributed by atoms with E-state index in [1.165, 1.54) is 0 Å². The SMILES string of the molecule is Cc1cc(C(=O)Nc2ccc(Cl)nc2C)c(C)o1. The number of nitrogens with zero attached hydrogens (tertiary/aromatic N) is 1. The van der Waals surface area contributed by atoms with Gasteiger partial charge in [-0.2, -0.15) is 0 Å². The van der Waals surface area contributed by atoms with Crippen LogP contribution in [-0.4, -0.2) is 10.9 Å². The summed E-state index contributed by atoms with van der Waals surface area (Å²) in [5.74, 6) is 1.10. The first-order valence-corrected chi connectivity index (χ1v) is 5.86. The topological polar surface area (TPSA) is 55.1 Å². The Hall–Kier alpha value is -1.81. The summed E-state index contributed by atoms with van der Waals surface area (Å²) in [6, 6.07) is 5.08. The molecule has 0 saturated heterocycles. The number of aryl methyl sites for hydroxylation is 3. The van der Waals surface area contributed by atoms with Crippen molar-refractivity contribution < 1.29 is 9.21 Å². The monoisotopic (exact) mass is 264 g/mol. The molecule has 0 bridgehead atoms. The molecule has 0 atom stereocenters. The van der Waals surface area contributed by atoms with Gasteiger partial charge in [-0.1, -0.05) is 11.6 Å². The summed E-state index contributed by atoms with van der Waals surface area (Å²) in [6.45, 7) is 5.35. The lowest BCUT2D eigenvalue weighted by atomic mass is 10.2. The van der Waals surface area contributed by atoms with Crippen LogP contribution in [0.3, 0.4) is 0 Å². The van der Waals surface area contributed by atoms with E-state index < -0.39 is 0 Å². The number of anilines is 1. The zero-order valence-electron chi connectivity index (χ0n) is 10.4. The fourth-order valence-corrected chi connectivity index (χ4v) is 1.90. The number of rotatable bonds is 2. The molecule has 0 fully saturated rings. The van der Waals surface area contributed by atoms with Gasteiger partial charge in [0.05, 0.1) is 16.9 Å². The number of aromatic nitrogens is 1. The maximum absolute atomic E-state index is 12.1. The van der Waals surface area contributed by atoms with Crippen LogP contribution in [0.4, 0.5) is 5.69 Å². The van der Waals surface area contributed by atoms with Gasteiger partial charge >= 0.3 is 0 Å². The number of carbonyl (C=O) groups is 1. The molecule has 0 aliphatic rings. The maximum atomic E-state index is 12.1. The molecular formula is C13H13ClN2O2. The quantitative estimate of drug-likeness (QED) is 0.845. The van der Waals surface area contributed by atoms with E-state index in [1.807, 2.05) is 0 Å². The van der Waals surface area contributed by atoms with Crippen molar-refractivity contribution in [2.24, 2.45) is 0 Å². The van der Waals surface area contributed by atoms with E-state index in [2.05, 4.69) is 10.3 Å². The lowest BCUT2D eigenvalue weighted by Gasteiger charge is -2.07. The molecule has 2 heterocycles. The van der Waals surface area contributed by atoms with E-state index in [9.17, 15) is 4.79 Å². The predicted molar refractivity (Wildman–Crippen MR) is 70.1 cm³/mol. The summed E-state index contributed by atoms with van der Waals surface area (Å²) < 4.78 is 5.33. The van der Waals surface area contributed by atoms with Gasteiger partial charge in [-0.25, -0.2) is 4.98 Å². The fraction of sp³-hybridized carbons (Fsp3) is 0.231. The number of carbonyl (C=O) groups excluding carboxylic acids is 1. The fourth-order valence-electron chi connectivity index (χ4n) is 1.71. The standard InChI is InChI=1S/C13H13ClN2O2/c1-7-6-10(9(3)18-7)13(17)16-11-4-5-12(14)15-8(11)2/h4-6H,1-3H3,(H,16,17). The Bertz CT molecular complexity index is 605. The smallest absolute Gasteiger partial charge is 0.259 e. The first-order valence-electron chi connectivity index (χ1n) is 5.49. The van der Waals surface area contributed by atoms with Crippen molar-refractivity contribution in [3.05, 3.63) is 46.1 Å². The van der Waals surface area contributed by atoms with Crippen molar-refractivity contribution in [1.29, 1.82) is 0 Å². The minimum atomic E-state index is -0.212. The molecule has 1 amide bonds. The van der Waals surface area contributed by atoms with Crippen LogP contribution in [0.15, 0.2) is 22.6 Å². The van der Waals surface area contributed by atoms with Gasteiger partial charge in [0, 0.05) is 0 Å². The van der Waals surface area contributed by atoms with Crippen LogP contribution in [0.2, 0.25) is 5.15 Å². The van der Waals surface area contributed by atoms with Crippen LogP contribution < -0.4 is 5.32 Å². The van der Waals surface area contributed by atoms with Gasteiger partial charge in [-0.15, -0.1) is 0 Å². The number of furan rings is 1. The highest BCUT2D eigenvalue weighted by atomic mass is 35.5. The summed E-state index contributed by atoms with van der Waals surface area (Å²) in [6.07, 6.45) is 0. The Morgan fingerprint density at radius 2 is 2.06 bits per heavy atom. The lowest BCUT2D eigenvalue weighted by molar-refractivity contribution is 0.102. The largest absolute Gasteiger partial charge is 0.466 e. The predicted octanol–water partition coefficient (Wildman–Crippen LogP) is 3.51. The zero-order valence-corrected chi connectivity index (χ0v) is 11.1. The molecule has 0 aromatic carbocycles. The molecule has 94 valence electrons. The van der Waals surface area contributed by atoms with Crippen LogP contribution in [0, 0.1) is 20.8 Å². The van der Waals surface area contributed by atoms with E-state index in [4.69, 9.17) is 16.0 Å². The second kappa shape index (κ2) is 4.82. The van der Waals surface area contributed by atoms with Gasteiger partial charge in [0.1, 0.15) is 16.7 Å². The van der Waals surface area contributed by atoms with Crippen molar-refractivity contribution in [2.45, 2.75) is 20.8 Å². The average Bonchev–Trinajstić information content (AvgIpc) is 2.62. The summed E-state index contributed by atoms with van der Waals surface area (Å²) in [7, 11) is 0. The lowest BCUT2D eigenvalue weighted by Crippen LogP contribution is -2.13. The molecule has 0 unspecified atom stereocenters. The van der Waals surface area contributed by atoms with Crippen molar-refractivity contribution in [3.63, 3.8) is 0 Å². The number of amides is 1. The van der Waals surface area contributed by atoms with Crippen LogP contribution in [0.5, 0.6) is 0 Å². The molecule has 0 spiro atoms. The number of nitrogens with one attached hydrogen (secondary N) is 1. The molecule has 4 nitrogen and oxygen atoms in total. The Morgan fingerprint density at radius 1 is 1.33 bits per heavy atom. The Kier molecular flexibility index (Phi) is 3.39. The van der Waals surface area contributed by atoms with E-state index in [0.717, 1.165) is 0 Å². The maximum Gasteiger partial charge on any atom is 0.259 e. The van der Waals surface area contributed by atoms with Gasteiger partial charge in [-0.3, -0.25) is 4.79 Å². The highest BCUT2D eigenvalue weighted by molar-refractivity contribution is 6.29. The summed E-state index contributed by atoms with van der Waals surface area (Å²) >= 11 is 5.76. The van der Waals surface area contributed by atoms with Crippen LogP contribution in [-0.2, 0) is 0 Å². The highest BCUT2D eigenvalue weighted by Crippen LogP contribution is 2.19. The van der Waals surface area contributed by atoms with Crippen LogP contribution in [0.25, 0.3) is 0 Å². The summed E-state index contributed by atoms with van der Waals surface area (Å²) in [4.78, 5) is 16.1. The zero-order chi connectivity index (χ0) is 13.3. The third kappa shape index (κ3) is 2.54. The molecule has 18 heavy (non-hydrogen) atoms. The number of hydrogen-bond acceptors (Lipinski definition) is 3. The second-order valence-corrected chi connectivity index (χ2v) is 4.44. The van der Waals surface area contributed by atoms with Gasteiger partial charge in [-0.05, 0) is 39.0 Å². The molecule has 0 saturated carbocycles. The number of halogens is 1. The third-order valence-electron chi connectivity index (χ3n) is 2.59. The Labute approximate surface area is 110 Å². The number of hydrogen-bond donors (Lipinski definition) is 1. The van der Waals surface area contributed by atoms with E-state index in [-0.39, 0.29) is 5.91 Å². The van der Waals surface area contributed by atoms with E-state index in [0.29, 0.717) is 33.6 Å². The first kappa shape index (κ1) is 12.6. The highest BCUT2D eigenvalue weighted by Gasteiger charge is 2.14. The van der Waals surface area contributed by atoms with Crippen molar-refractivity contribution >= 4 is 23.2 Å². The molecule has 2 aromatic rings. The van der Waals surface area contributed by atoms with Gasteiger partial charge in [0.25, 0.3) is 5.91 Å². The minimum Gasteiger partial charge on any atom is -0.466 e. The molecule has 2 aromatic heterocycles. The molecule has 2 rings (SSSR count). The van der Waals surface area contributed by atoms with Crippen LogP contribution in [0.1, 0.15) is 27.6 Å². The first-order chi connectivity index (χ1) is 8.47. The van der Waals surface area contributed by atoms with Crippen molar-refractivity contribution in [2.75, 3.05) is 5.32 Å².